The van der Waals surface area contributed by atoms with Crippen molar-refractivity contribution in [2.45, 2.75) is 72.8 Å². The Hall–Kier alpha value is -5.34. The van der Waals surface area contributed by atoms with Crippen LogP contribution < -0.4 is 0 Å². The molecule has 1 fully saturated rings. The Morgan fingerprint density at radius 3 is 1.48 bits per heavy atom. The smallest absolute Gasteiger partial charge is 0.0420 e. The molecule has 2 aliphatic rings. The highest BCUT2D eigenvalue weighted by molar-refractivity contribution is 6.44. The molecule has 0 N–H and O–H groups in total. The number of hydrogen-bond donors (Lipinski definition) is 0. The van der Waals surface area contributed by atoms with Crippen LogP contribution in [0.2, 0.25) is 0 Å². The van der Waals surface area contributed by atoms with E-state index in [0.717, 1.165) is 17.1 Å². The third-order valence-corrected chi connectivity index (χ3v) is 13.2. The van der Waals surface area contributed by atoms with Gasteiger partial charge in [0.2, 0.25) is 0 Å². The molecule has 52 heavy (non-hydrogen) atoms. The van der Waals surface area contributed by atoms with Crippen LogP contribution in [0.3, 0.4) is 0 Å². The molecule has 8 aromatic carbocycles. The van der Waals surface area contributed by atoms with Crippen LogP contribution in [-0.2, 0) is 0 Å². The Kier molecular flexibility index (Phi) is 6.40. The van der Waals surface area contributed by atoms with Crippen LogP contribution in [0.25, 0.3) is 92.5 Å². The van der Waals surface area contributed by atoms with E-state index in [4.69, 9.17) is 13.2 Å². The van der Waals surface area contributed by atoms with Gasteiger partial charge in [-0.05, 0) is 170 Å². The van der Waals surface area contributed by atoms with Gasteiger partial charge in [0, 0.05) is 52.3 Å². The molecule has 8 aromatic rings. The SMILES string of the molecule is C=CN(C)C(=C)c1cc(C)c2c3ccc4c5c(C)cc6c7c(cc(C)c(c8ccc(c9c(C)cc(C)c1c92)c3c84)c75)C(=C)N(C1CCCCC1)C6=C. The van der Waals surface area contributed by atoms with Gasteiger partial charge in [0.1, 0.15) is 0 Å². The fourth-order valence-electron chi connectivity index (χ4n) is 11.0. The number of benzene rings is 8. The van der Waals surface area contributed by atoms with Gasteiger partial charge in [-0.2, -0.15) is 0 Å². The first-order valence-electron chi connectivity index (χ1n) is 19.1. The van der Waals surface area contributed by atoms with Crippen LogP contribution in [0, 0.1) is 34.6 Å². The summed E-state index contributed by atoms with van der Waals surface area (Å²) in [4.78, 5) is 4.54. The summed E-state index contributed by atoms with van der Waals surface area (Å²) in [5, 5.41) is 18.9. The van der Waals surface area contributed by atoms with E-state index in [1.54, 1.807) is 0 Å². The summed E-state index contributed by atoms with van der Waals surface area (Å²) >= 11 is 0. The van der Waals surface area contributed by atoms with E-state index in [1.165, 1.54) is 152 Å². The van der Waals surface area contributed by atoms with Crippen molar-refractivity contribution >= 4 is 92.5 Å². The van der Waals surface area contributed by atoms with E-state index >= 15 is 0 Å². The summed E-state index contributed by atoms with van der Waals surface area (Å²) in [5.41, 5.74) is 13.5. The zero-order chi connectivity index (χ0) is 36.1. The number of aryl methyl sites for hydroxylation is 5. The van der Waals surface area contributed by atoms with Gasteiger partial charge in [-0.1, -0.05) is 75.9 Å². The van der Waals surface area contributed by atoms with E-state index in [1.807, 2.05) is 18.1 Å². The highest BCUT2D eigenvalue weighted by Crippen LogP contribution is 2.54. The lowest BCUT2D eigenvalue weighted by atomic mass is 9.77. The third-order valence-electron chi connectivity index (χ3n) is 13.2. The number of fused-ring (bicyclic) bond motifs is 4. The van der Waals surface area contributed by atoms with Crippen LogP contribution >= 0.6 is 0 Å². The highest BCUT2D eigenvalue weighted by atomic mass is 15.2. The second-order valence-corrected chi connectivity index (χ2v) is 16.1. The van der Waals surface area contributed by atoms with E-state index in [0.29, 0.717) is 6.04 Å². The quantitative estimate of drug-likeness (QED) is 0.135. The van der Waals surface area contributed by atoms with Crippen molar-refractivity contribution < 1.29 is 0 Å². The van der Waals surface area contributed by atoms with Crippen molar-refractivity contribution in [2.75, 3.05) is 7.05 Å². The number of rotatable bonds is 4. The molecular formula is C50H46N2. The Labute approximate surface area is 306 Å². The molecule has 10 rings (SSSR count). The van der Waals surface area contributed by atoms with Crippen molar-refractivity contribution in [3.63, 3.8) is 0 Å². The third kappa shape index (κ3) is 3.75. The molecule has 0 bridgehead atoms. The van der Waals surface area contributed by atoms with Crippen LogP contribution in [-0.4, -0.2) is 22.9 Å². The molecule has 0 unspecified atom stereocenters. The van der Waals surface area contributed by atoms with Gasteiger partial charge >= 0.3 is 0 Å². The maximum Gasteiger partial charge on any atom is 0.0420 e. The molecule has 0 radical (unpaired) electrons. The summed E-state index contributed by atoms with van der Waals surface area (Å²) in [6, 6.07) is 19.8. The summed E-state index contributed by atoms with van der Waals surface area (Å²) in [6.45, 7) is 29.6. The predicted molar refractivity (Wildman–Crippen MR) is 229 cm³/mol. The maximum atomic E-state index is 4.78. The van der Waals surface area contributed by atoms with Crippen molar-refractivity contribution in [1.29, 1.82) is 0 Å². The van der Waals surface area contributed by atoms with Gasteiger partial charge in [-0.15, -0.1) is 0 Å². The molecule has 0 aromatic heterocycles. The van der Waals surface area contributed by atoms with Gasteiger partial charge in [0.05, 0.1) is 0 Å². The average molecular weight is 675 g/mol. The molecule has 0 spiro atoms. The van der Waals surface area contributed by atoms with Gasteiger partial charge in [0.15, 0.2) is 0 Å². The van der Waals surface area contributed by atoms with Crippen LogP contribution in [0.1, 0.15) is 76.6 Å². The van der Waals surface area contributed by atoms with Gasteiger partial charge < -0.3 is 9.80 Å². The number of hydrogen-bond acceptors (Lipinski definition) is 2. The predicted octanol–water partition coefficient (Wildman–Crippen LogP) is 13.8. The molecule has 1 aliphatic carbocycles. The largest absolute Gasteiger partial charge is 0.352 e. The fraction of sp³-hybridized carbons (Fsp3) is 0.240. The van der Waals surface area contributed by atoms with E-state index in [-0.39, 0.29) is 0 Å². The molecule has 1 aliphatic heterocycles. The molecule has 2 heteroatoms. The summed E-state index contributed by atoms with van der Waals surface area (Å²) < 4.78 is 0. The second kappa shape index (κ2) is 10.6. The minimum atomic E-state index is 0.474. The molecule has 256 valence electrons. The van der Waals surface area contributed by atoms with Crippen LogP contribution in [0.4, 0.5) is 0 Å². The minimum Gasteiger partial charge on any atom is -0.352 e. The van der Waals surface area contributed by atoms with Crippen molar-refractivity contribution in [3.05, 3.63) is 126 Å². The molecule has 1 heterocycles. The fourth-order valence-corrected chi connectivity index (χ4v) is 11.0. The lowest BCUT2D eigenvalue weighted by Crippen LogP contribution is -2.35. The van der Waals surface area contributed by atoms with E-state index in [2.05, 4.69) is 101 Å². The van der Waals surface area contributed by atoms with Crippen molar-refractivity contribution in [3.8, 4) is 0 Å². The van der Waals surface area contributed by atoms with Crippen LogP contribution in [0.15, 0.2) is 81.0 Å². The second-order valence-electron chi connectivity index (χ2n) is 16.1. The normalized spacial score (nSPS) is 15.6. The molecule has 0 atom stereocenters. The molecule has 1 saturated carbocycles. The standard InChI is InChI=1S/C50H46N2/c1-11-51(10)30(7)38-22-27(4)42-35-18-20-37-44-29(6)24-40-32(9)52(33-15-13-12-14-16-33)31(8)39-23-28(5)43(50(44)48(39)40)36-19-17-34(46(35)47(36)37)41-25(2)21-26(3)45(38)49(41)42/h11,17-24,33H,1,7-9,12-16H2,2-6,10H3. The first-order chi connectivity index (χ1) is 25.0. The summed E-state index contributed by atoms with van der Waals surface area (Å²) in [7, 11) is 2.04. The topological polar surface area (TPSA) is 6.48 Å². The minimum absolute atomic E-state index is 0.474. The molecule has 0 saturated heterocycles. The molecule has 0 amide bonds. The summed E-state index contributed by atoms with van der Waals surface area (Å²) in [6.07, 6.45) is 8.17. The zero-order valence-corrected chi connectivity index (χ0v) is 31.5. The molecular weight excluding hydrogens is 629 g/mol. The average Bonchev–Trinajstić information content (AvgIpc) is 3.13. The van der Waals surface area contributed by atoms with Gasteiger partial charge in [-0.3, -0.25) is 0 Å². The Bertz CT molecular complexity index is 2840. The first-order valence-corrected chi connectivity index (χ1v) is 19.1. The van der Waals surface area contributed by atoms with Gasteiger partial charge in [0.25, 0.3) is 0 Å². The lowest BCUT2D eigenvalue weighted by molar-refractivity contribution is 0.300. The zero-order valence-electron chi connectivity index (χ0n) is 31.5. The Morgan fingerprint density at radius 1 is 0.577 bits per heavy atom. The van der Waals surface area contributed by atoms with Crippen LogP contribution in [0.5, 0.6) is 0 Å². The van der Waals surface area contributed by atoms with Gasteiger partial charge in [-0.25, -0.2) is 0 Å². The first kappa shape index (κ1) is 31.4. The van der Waals surface area contributed by atoms with Crippen molar-refractivity contribution in [2.24, 2.45) is 0 Å². The molecule has 2 nitrogen and oxygen atoms in total. The lowest BCUT2D eigenvalue weighted by Gasteiger charge is -2.42. The monoisotopic (exact) mass is 674 g/mol. The van der Waals surface area contributed by atoms with E-state index in [9.17, 15) is 0 Å². The van der Waals surface area contributed by atoms with E-state index < -0.39 is 0 Å². The Morgan fingerprint density at radius 2 is 1.00 bits per heavy atom. The summed E-state index contributed by atoms with van der Waals surface area (Å²) in [5.74, 6) is 0. The highest BCUT2D eigenvalue weighted by Gasteiger charge is 2.34. The number of nitrogens with zero attached hydrogens (tertiary/aromatic N) is 2. The Balaban J connectivity index is 1.37. The maximum absolute atomic E-state index is 4.78. The van der Waals surface area contributed by atoms with Crippen molar-refractivity contribution in [1.82, 2.24) is 9.80 Å².